The van der Waals surface area contributed by atoms with E-state index in [0.717, 1.165) is 59.1 Å². The van der Waals surface area contributed by atoms with Crippen molar-refractivity contribution < 1.29 is 9.47 Å². The zero-order valence-electron chi connectivity index (χ0n) is 17.8. The van der Waals surface area contributed by atoms with E-state index in [2.05, 4.69) is 22.1 Å². The Morgan fingerprint density at radius 2 is 2.03 bits per heavy atom. The number of H-pyrrole nitrogens is 1. The average molecular weight is 431 g/mol. The summed E-state index contributed by atoms with van der Waals surface area (Å²) in [6.07, 6.45) is 11.7. The SMILES string of the molecule is O=c1n(C[C@H]2COCCO2)c2cc(-c3cnc4[nH]ccc4c3)cnc2n1C1=CCCCC1. The zero-order chi connectivity index (χ0) is 21.5. The van der Waals surface area contributed by atoms with Gasteiger partial charge in [0.05, 0.1) is 38.0 Å². The number of hydrogen-bond acceptors (Lipinski definition) is 5. The number of nitrogens with zero attached hydrogens (tertiary/aromatic N) is 4. The van der Waals surface area contributed by atoms with Crippen molar-refractivity contribution in [2.45, 2.75) is 38.3 Å². The highest BCUT2D eigenvalue weighted by molar-refractivity contribution is 5.85. The topological polar surface area (TPSA) is 87.0 Å². The Bertz CT molecular complexity index is 1370. The fraction of sp³-hybridized carbons (Fsp3) is 0.375. The second kappa shape index (κ2) is 8.03. The standard InChI is InChI=1S/C24H25N5O3/c30-24-28(14-20-15-31-8-9-32-20)21-11-18(17-10-16-6-7-25-22(16)26-12-17)13-27-23(21)29(24)19-4-2-1-3-5-19/h4,6-7,10-13,20H,1-3,5,8-9,14-15H2,(H,25,26)/t20-/m0/s1. The van der Waals surface area contributed by atoms with Crippen molar-refractivity contribution in [3.63, 3.8) is 0 Å². The molecule has 0 saturated carbocycles. The monoisotopic (exact) mass is 431 g/mol. The lowest BCUT2D eigenvalue weighted by molar-refractivity contribution is -0.0935. The van der Waals surface area contributed by atoms with Crippen molar-refractivity contribution in [2.75, 3.05) is 19.8 Å². The summed E-state index contributed by atoms with van der Waals surface area (Å²) in [6.45, 7) is 2.08. The summed E-state index contributed by atoms with van der Waals surface area (Å²) in [7, 11) is 0. The molecule has 5 heterocycles. The third-order valence-electron chi connectivity index (χ3n) is 6.33. The van der Waals surface area contributed by atoms with Gasteiger partial charge < -0.3 is 14.5 Å². The van der Waals surface area contributed by atoms with Gasteiger partial charge in [-0.05, 0) is 43.9 Å². The number of pyridine rings is 2. The molecular weight excluding hydrogens is 406 g/mol. The predicted octanol–water partition coefficient (Wildman–Crippen LogP) is 3.57. The number of nitrogens with one attached hydrogen (secondary N) is 1. The summed E-state index contributed by atoms with van der Waals surface area (Å²) < 4.78 is 15.0. The molecule has 8 nitrogen and oxygen atoms in total. The van der Waals surface area contributed by atoms with E-state index >= 15 is 0 Å². The molecule has 1 aliphatic carbocycles. The van der Waals surface area contributed by atoms with Crippen LogP contribution < -0.4 is 5.69 Å². The minimum absolute atomic E-state index is 0.0637. The van der Waals surface area contributed by atoms with Gasteiger partial charge in [0.15, 0.2) is 5.65 Å². The molecule has 1 fully saturated rings. The maximum Gasteiger partial charge on any atom is 0.334 e. The molecule has 1 N–H and O–H groups in total. The molecule has 0 unspecified atom stereocenters. The molecule has 0 bridgehead atoms. The lowest BCUT2D eigenvalue weighted by Crippen LogP contribution is -2.36. The summed E-state index contributed by atoms with van der Waals surface area (Å²) in [6, 6.07) is 6.13. The normalized spacial score (nSPS) is 19.5. The number of fused-ring (bicyclic) bond motifs is 2. The lowest BCUT2D eigenvalue weighted by atomic mass is 10.0. The van der Waals surface area contributed by atoms with Crippen LogP contribution in [0.1, 0.15) is 25.7 Å². The first-order valence-corrected chi connectivity index (χ1v) is 11.2. The lowest BCUT2D eigenvalue weighted by Gasteiger charge is -2.23. The number of ether oxygens (including phenoxy) is 2. The molecule has 0 amide bonds. The Morgan fingerprint density at radius 3 is 2.88 bits per heavy atom. The van der Waals surface area contributed by atoms with Crippen LogP contribution in [0.3, 0.4) is 0 Å². The van der Waals surface area contributed by atoms with E-state index in [4.69, 9.17) is 14.5 Å². The van der Waals surface area contributed by atoms with Gasteiger partial charge in [0.25, 0.3) is 0 Å². The van der Waals surface area contributed by atoms with Crippen LogP contribution in [0.4, 0.5) is 0 Å². The summed E-state index contributed by atoms with van der Waals surface area (Å²) in [5.41, 5.74) is 5.23. The van der Waals surface area contributed by atoms with Crippen LogP contribution in [0, 0.1) is 0 Å². The fourth-order valence-corrected chi connectivity index (χ4v) is 4.69. The summed E-state index contributed by atoms with van der Waals surface area (Å²) >= 11 is 0. The average Bonchev–Trinajstić information content (AvgIpc) is 3.42. The second-order valence-electron chi connectivity index (χ2n) is 8.44. The molecule has 4 aromatic heterocycles. The van der Waals surface area contributed by atoms with Crippen molar-refractivity contribution in [1.82, 2.24) is 24.1 Å². The molecule has 1 atom stereocenters. The van der Waals surface area contributed by atoms with Gasteiger partial charge in [-0.3, -0.25) is 4.57 Å². The van der Waals surface area contributed by atoms with Gasteiger partial charge >= 0.3 is 5.69 Å². The van der Waals surface area contributed by atoms with Gasteiger partial charge in [-0.1, -0.05) is 6.08 Å². The molecule has 2 aliphatic rings. The molecule has 6 rings (SSSR count). The van der Waals surface area contributed by atoms with E-state index in [-0.39, 0.29) is 11.8 Å². The van der Waals surface area contributed by atoms with Crippen molar-refractivity contribution in [3.05, 3.63) is 53.3 Å². The molecular formula is C24H25N5O3. The first-order valence-electron chi connectivity index (χ1n) is 11.2. The number of aromatic amines is 1. The van der Waals surface area contributed by atoms with Gasteiger partial charge in [-0.15, -0.1) is 0 Å². The van der Waals surface area contributed by atoms with Crippen molar-refractivity contribution in [2.24, 2.45) is 0 Å². The number of hydrogen-bond donors (Lipinski definition) is 1. The molecule has 8 heteroatoms. The fourth-order valence-electron chi connectivity index (χ4n) is 4.69. The van der Waals surface area contributed by atoms with Gasteiger partial charge in [-0.25, -0.2) is 19.3 Å². The maximum atomic E-state index is 13.6. The molecule has 4 aromatic rings. The Kier molecular flexibility index (Phi) is 4.88. The van der Waals surface area contributed by atoms with Crippen LogP contribution in [0.15, 0.2) is 47.7 Å². The Balaban J connectivity index is 1.50. The van der Waals surface area contributed by atoms with E-state index in [1.54, 1.807) is 9.13 Å². The highest BCUT2D eigenvalue weighted by Gasteiger charge is 2.23. The summed E-state index contributed by atoms with van der Waals surface area (Å²) in [4.78, 5) is 26.0. The number of aromatic nitrogens is 5. The molecule has 0 radical (unpaired) electrons. The molecule has 164 valence electrons. The third kappa shape index (κ3) is 3.36. The molecule has 0 aromatic carbocycles. The second-order valence-corrected chi connectivity index (χ2v) is 8.44. The van der Waals surface area contributed by atoms with Crippen molar-refractivity contribution in [1.29, 1.82) is 0 Å². The van der Waals surface area contributed by atoms with E-state index in [0.29, 0.717) is 32.0 Å². The van der Waals surface area contributed by atoms with Gasteiger partial charge in [0.2, 0.25) is 0 Å². The van der Waals surface area contributed by atoms with E-state index < -0.39 is 0 Å². The van der Waals surface area contributed by atoms with Crippen molar-refractivity contribution >= 4 is 27.9 Å². The van der Waals surface area contributed by atoms with Gasteiger partial charge in [0.1, 0.15) is 5.65 Å². The third-order valence-corrected chi connectivity index (χ3v) is 6.33. The number of imidazole rings is 1. The maximum absolute atomic E-state index is 13.6. The molecule has 1 saturated heterocycles. The molecule has 32 heavy (non-hydrogen) atoms. The minimum Gasteiger partial charge on any atom is -0.376 e. The van der Waals surface area contributed by atoms with Crippen LogP contribution in [-0.4, -0.2) is 50.0 Å². The Labute approximate surface area is 184 Å². The first kappa shape index (κ1) is 19.5. The van der Waals surface area contributed by atoms with Crippen LogP contribution in [0.5, 0.6) is 0 Å². The van der Waals surface area contributed by atoms with Crippen LogP contribution >= 0.6 is 0 Å². The largest absolute Gasteiger partial charge is 0.376 e. The van der Waals surface area contributed by atoms with Crippen LogP contribution in [0.25, 0.3) is 39.0 Å². The van der Waals surface area contributed by atoms with E-state index in [1.807, 2.05) is 30.7 Å². The van der Waals surface area contributed by atoms with Gasteiger partial charge in [-0.2, -0.15) is 0 Å². The summed E-state index contributed by atoms with van der Waals surface area (Å²) in [5, 5.41) is 1.04. The van der Waals surface area contributed by atoms with Crippen molar-refractivity contribution in [3.8, 4) is 11.1 Å². The predicted molar refractivity (Wildman–Crippen MR) is 122 cm³/mol. The summed E-state index contributed by atoms with van der Waals surface area (Å²) in [5.74, 6) is 0. The Hall–Kier alpha value is -3.23. The minimum atomic E-state index is -0.151. The van der Waals surface area contributed by atoms with E-state index in [1.165, 1.54) is 0 Å². The van der Waals surface area contributed by atoms with Crippen LogP contribution in [-0.2, 0) is 16.0 Å². The highest BCUT2D eigenvalue weighted by atomic mass is 16.6. The number of rotatable bonds is 4. The quantitative estimate of drug-likeness (QED) is 0.534. The smallest absolute Gasteiger partial charge is 0.334 e. The highest BCUT2D eigenvalue weighted by Crippen LogP contribution is 2.28. The van der Waals surface area contributed by atoms with E-state index in [9.17, 15) is 4.79 Å². The van der Waals surface area contributed by atoms with Crippen LogP contribution in [0.2, 0.25) is 0 Å². The van der Waals surface area contributed by atoms with Gasteiger partial charge in [0, 0.05) is 40.8 Å². The zero-order valence-corrected chi connectivity index (χ0v) is 17.8. The molecule has 1 aliphatic heterocycles. The molecule has 0 spiro atoms. The first-order chi connectivity index (χ1) is 15.8. The Morgan fingerprint density at radius 1 is 1.12 bits per heavy atom. The number of allylic oxidation sites excluding steroid dienone is 2.